The molecule has 0 saturated carbocycles. The minimum atomic E-state index is 0.191. The Morgan fingerprint density at radius 1 is 1.50 bits per heavy atom. The summed E-state index contributed by atoms with van der Waals surface area (Å²) < 4.78 is 0. The first-order chi connectivity index (χ1) is 7.58. The van der Waals surface area contributed by atoms with Crippen molar-refractivity contribution < 1.29 is 4.79 Å². The van der Waals surface area contributed by atoms with E-state index in [0.717, 1.165) is 22.8 Å². The molecule has 1 aromatic carbocycles. The molecular weight excluding hydrogens is 220 g/mol. The summed E-state index contributed by atoms with van der Waals surface area (Å²) in [6.45, 7) is 5.01. The lowest BCUT2D eigenvalue weighted by atomic mass is 10.1. The highest BCUT2D eigenvalue weighted by molar-refractivity contribution is 8.00. The van der Waals surface area contributed by atoms with Crippen molar-refractivity contribution in [2.45, 2.75) is 18.7 Å². The van der Waals surface area contributed by atoms with Gasteiger partial charge in [0.15, 0.2) is 0 Å². The fraction of sp³-hybridized carbons (Fsp3) is 0.417. The average Bonchev–Trinajstić information content (AvgIpc) is 2.22. The van der Waals surface area contributed by atoms with Gasteiger partial charge >= 0.3 is 0 Å². The normalized spacial score (nSPS) is 15.4. The van der Waals surface area contributed by atoms with E-state index in [2.05, 4.69) is 13.8 Å². The van der Waals surface area contributed by atoms with Crippen LogP contribution in [-0.2, 0) is 4.79 Å². The maximum absolute atomic E-state index is 11.9. The summed E-state index contributed by atoms with van der Waals surface area (Å²) in [4.78, 5) is 14.8. The molecule has 1 aliphatic heterocycles. The smallest absolute Gasteiger partial charge is 0.237 e. The van der Waals surface area contributed by atoms with Crippen LogP contribution in [0.2, 0.25) is 0 Å². The van der Waals surface area contributed by atoms with E-state index in [0.29, 0.717) is 11.7 Å². The first kappa shape index (κ1) is 11.3. The summed E-state index contributed by atoms with van der Waals surface area (Å²) in [6, 6.07) is 5.74. The van der Waals surface area contributed by atoms with Crippen LogP contribution in [0.5, 0.6) is 0 Å². The van der Waals surface area contributed by atoms with Crippen LogP contribution in [0.1, 0.15) is 13.8 Å². The van der Waals surface area contributed by atoms with Crippen LogP contribution in [0.25, 0.3) is 0 Å². The molecule has 4 heteroatoms. The second-order valence-electron chi connectivity index (χ2n) is 4.41. The molecule has 0 aromatic heterocycles. The van der Waals surface area contributed by atoms with Crippen molar-refractivity contribution in [2.75, 3.05) is 22.9 Å². The number of rotatable bonds is 2. The third-order valence-corrected chi connectivity index (χ3v) is 3.50. The number of thioether (sulfide) groups is 1. The number of carbonyl (C=O) groups is 1. The lowest BCUT2D eigenvalue weighted by molar-refractivity contribution is -0.116. The molecule has 0 fully saturated rings. The molecule has 1 amide bonds. The van der Waals surface area contributed by atoms with Gasteiger partial charge in [-0.15, -0.1) is 11.8 Å². The van der Waals surface area contributed by atoms with E-state index in [4.69, 9.17) is 5.73 Å². The molecule has 2 N–H and O–H groups in total. The summed E-state index contributed by atoms with van der Waals surface area (Å²) in [7, 11) is 0. The molecular formula is C12H16N2OS. The zero-order valence-electron chi connectivity index (χ0n) is 9.56. The van der Waals surface area contributed by atoms with Crippen molar-refractivity contribution >= 4 is 29.0 Å². The van der Waals surface area contributed by atoms with Crippen molar-refractivity contribution in [2.24, 2.45) is 5.92 Å². The Morgan fingerprint density at radius 3 is 2.94 bits per heavy atom. The Labute approximate surface area is 100.0 Å². The Bertz CT molecular complexity index is 417. The number of hydrogen-bond donors (Lipinski definition) is 1. The second kappa shape index (κ2) is 4.37. The Morgan fingerprint density at radius 2 is 2.25 bits per heavy atom. The molecule has 86 valence electrons. The van der Waals surface area contributed by atoms with E-state index in [9.17, 15) is 4.79 Å². The predicted octanol–water partition coefficient (Wildman–Crippen LogP) is 2.36. The van der Waals surface area contributed by atoms with E-state index in [1.165, 1.54) is 0 Å². The van der Waals surface area contributed by atoms with Crippen molar-refractivity contribution in [1.29, 1.82) is 0 Å². The third-order valence-electron chi connectivity index (χ3n) is 2.47. The Kier molecular flexibility index (Phi) is 3.10. The van der Waals surface area contributed by atoms with Crippen LogP contribution in [0.15, 0.2) is 23.1 Å². The number of fused-ring (bicyclic) bond motifs is 1. The van der Waals surface area contributed by atoms with Crippen LogP contribution in [0.3, 0.4) is 0 Å². The number of benzene rings is 1. The SMILES string of the molecule is CC(C)CN1C(=O)CSc2cc(N)ccc21. The number of nitrogens with two attached hydrogens (primary N) is 1. The zero-order chi connectivity index (χ0) is 11.7. The van der Waals surface area contributed by atoms with Gasteiger partial charge in [0.2, 0.25) is 5.91 Å². The molecule has 0 unspecified atom stereocenters. The number of nitrogen functional groups attached to an aromatic ring is 1. The Balaban J connectivity index is 2.36. The maximum atomic E-state index is 11.9. The summed E-state index contributed by atoms with van der Waals surface area (Å²) in [5.41, 5.74) is 7.50. The monoisotopic (exact) mass is 236 g/mol. The van der Waals surface area contributed by atoms with Crippen LogP contribution in [0.4, 0.5) is 11.4 Å². The summed E-state index contributed by atoms with van der Waals surface area (Å²) in [6.07, 6.45) is 0. The van der Waals surface area contributed by atoms with Crippen molar-refractivity contribution in [3.8, 4) is 0 Å². The number of nitrogens with zero attached hydrogens (tertiary/aromatic N) is 1. The third kappa shape index (κ3) is 2.16. The van der Waals surface area contributed by atoms with Gasteiger partial charge in [-0.3, -0.25) is 4.79 Å². The lowest BCUT2D eigenvalue weighted by Gasteiger charge is -2.30. The minimum absolute atomic E-state index is 0.191. The van der Waals surface area contributed by atoms with E-state index in [1.54, 1.807) is 11.8 Å². The molecule has 0 radical (unpaired) electrons. The first-order valence-electron chi connectivity index (χ1n) is 5.40. The first-order valence-corrected chi connectivity index (χ1v) is 6.39. The van der Waals surface area contributed by atoms with Gasteiger partial charge in [0.1, 0.15) is 0 Å². The summed E-state index contributed by atoms with van der Waals surface area (Å²) in [5.74, 6) is 1.18. The fourth-order valence-electron chi connectivity index (χ4n) is 1.79. The molecule has 16 heavy (non-hydrogen) atoms. The molecule has 1 heterocycles. The van der Waals surface area contributed by atoms with Gasteiger partial charge in [-0.25, -0.2) is 0 Å². The predicted molar refractivity (Wildman–Crippen MR) is 68.8 cm³/mol. The quantitative estimate of drug-likeness (QED) is 0.802. The average molecular weight is 236 g/mol. The number of anilines is 2. The van der Waals surface area contributed by atoms with Gasteiger partial charge in [-0.05, 0) is 24.1 Å². The zero-order valence-corrected chi connectivity index (χ0v) is 10.4. The number of amides is 1. The molecule has 2 rings (SSSR count). The van der Waals surface area contributed by atoms with Gasteiger partial charge in [-0.2, -0.15) is 0 Å². The molecule has 3 nitrogen and oxygen atoms in total. The van der Waals surface area contributed by atoms with Crippen LogP contribution < -0.4 is 10.6 Å². The molecule has 0 saturated heterocycles. The van der Waals surface area contributed by atoms with Gasteiger partial charge in [0.05, 0.1) is 11.4 Å². The molecule has 1 aliphatic rings. The molecule has 1 aromatic rings. The molecule has 0 bridgehead atoms. The van der Waals surface area contributed by atoms with E-state index in [1.807, 2.05) is 23.1 Å². The highest BCUT2D eigenvalue weighted by Crippen LogP contribution is 2.36. The second-order valence-corrected chi connectivity index (χ2v) is 5.43. The van der Waals surface area contributed by atoms with Gasteiger partial charge in [0, 0.05) is 17.1 Å². The maximum Gasteiger partial charge on any atom is 0.237 e. The molecule has 0 aliphatic carbocycles. The van der Waals surface area contributed by atoms with Crippen LogP contribution >= 0.6 is 11.8 Å². The van der Waals surface area contributed by atoms with Crippen LogP contribution in [0, 0.1) is 5.92 Å². The number of carbonyl (C=O) groups excluding carboxylic acids is 1. The Hall–Kier alpha value is -1.16. The van der Waals surface area contributed by atoms with Gasteiger partial charge in [0.25, 0.3) is 0 Å². The lowest BCUT2D eigenvalue weighted by Crippen LogP contribution is -2.38. The van der Waals surface area contributed by atoms with Gasteiger partial charge in [-0.1, -0.05) is 13.8 Å². The highest BCUT2D eigenvalue weighted by atomic mass is 32.2. The summed E-state index contributed by atoms with van der Waals surface area (Å²) in [5, 5.41) is 0. The van der Waals surface area contributed by atoms with Crippen molar-refractivity contribution in [3.63, 3.8) is 0 Å². The standard InChI is InChI=1S/C12H16N2OS/c1-8(2)6-14-10-4-3-9(13)5-11(10)16-7-12(14)15/h3-5,8H,6-7,13H2,1-2H3. The van der Waals surface area contributed by atoms with E-state index < -0.39 is 0 Å². The largest absolute Gasteiger partial charge is 0.399 e. The topological polar surface area (TPSA) is 46.3 Å². The van der Waals surface area contributed by atoms with Gasteiger partial charge < -0.3 is 10.6 Å². The van der Waals surface area contributed by atoms with Crippen molar-refractivity contribution in [1.82, 2.24) is 0 Å². The minimum Gasteiger partial charge on any atom is -0.399 e. The molecule has 0 atom stereocenters. The number of hydrogen-bond acceptors (Lipinski definition) is 3. The van der Waals surface area contributed by atoms with E-state index >= 15 is 0 Å². The highest BCUT2D eigenvalue weighted by Gasteiger charge is 2.24. The summed E-state index contributed by atoms with van der Waals surface area (Å²) >= 11 is 1.57. The van der Waals surface area contributed by atoms with Crippen LogP contribution in [-0.4, -0.2) is 18.2 Å². The van der Waals surface area contributed by atoms with Crippen molar-refractivity contribution in [3.05, 3.63) is 18.2 Å². The fourth-order valence-corrected chi connectivity index (χ4v) is 2.77. The van der Waals surface area contributed by atoms with E-state index in [-0.39, 0.29) is 5.91 Å². The molecule has 0 spiro atoms.